The van der Waals surface area contributed by atoms with Crippen molar-refractivity contribution in [3.8, 4) is 0 Å². The molecule has 0 aromatic carbocycles. The molecule has 0 aliphatic carbocycles. The topological polar surface area (TPSA) is 134 Å². The summed E-state index contributed by atoms with van der Waals surface area (Å²) in [6, 6.07) is -1.51. The number of carbonyl (C=O) groups is 5. The summed E-state index contributed by atoms with van der Waals surface area (Å²) in [4.78, 5) is 60.4. The molecule has 0 unspecified atom stereocenters. The molecule has 4 amide bonds. The monoisotopic (exact) mass is 452 g/mol. The smallest absolute Gasteiger partial charge is 0.328 e. The van der Waals surface area contributed by atoms with E-state index < -0.39 is 29.6 Å². The van der Waals surface area contributed by atoms with Gasteiger partial charge in [-0.2, -0.15) is 0 Å². The third-order valence-electron chi connectivity index (χ3n) is 4.66. The first kappa shape index (κ1) is 27.3. The Balaban J connectivity index is 2.23. The summed E-state index contributed by atoms with van der Waals surface area (Å²) < 4.78 is 5.22. The minimum Gasteiger partial charge on any atom is -0.458 e. The molecule has 0 bridgehead atoms. The van der Waals surface area contributed by atoms with Crippen molar-refractivity contribution in [2.75, 3.05) is 13.1 Å². The summed E-state index contributed by atoms with van der Waals surface area (Å²) in [6.45, 7) is 11.0. The van der Waals surface area contributed by atoms with Crippen LogP contribution < -0.4 is 16.0 Å². The third kappa shape index (κ3) is 10.0. The summed E-state index contributed by atoms with van der Waals surface area (Å²) in [6.07, 6.45) is 4.07. The van der Waals surface area contributed by atoms with Gasteiger partial charge in [0.05, 0.1) is 0 Å². The van der Waals surface area contributed by atoms with E-state index in [1.54, 1.807) is 27.7 Å². The maximum atomic E-state index is 12.2. The number of hydrogen-bond donors (Lipinski definition) is 3. The summed E-state index contributed by atoms with van der Waals surface area (Å²) in [7, 11) is 0. The molecule has 10 heteroatoms. The molecule has 180 valence electrons. The van der Waals surface area contributed by atoms with Gasteiger partial charge in [0.2, 0.25) is 11.8 Å². The van der Waals surface area contributed by atoms with Crippen LogP contribution in [0, 0.1) is 0 Å². The Morgan fingerprint density at radius 3 is 2.16 bits per heavy atom. The van der Waals surface area contributed by atoms with Crippen LogP contribution in [0.25, 0.3) is 0 Å². The first-order valence-corrected chi connectivity index (χ1v) is 10.9. The van der Waals surface area contributed by atoms with Crippen LogP contribution in [0.3, 0.4) is 0 Å². The number of ether oxygens (including phenoxy) is 1. The van der Waals surface area contributed by atoms with Crippen molar-refractivity contribution in [1.29, 1.82) is 0 Å². The van der Waals surface area contributed by atoms with Gasteiger partial charge in [0.15, 0.2) is 0 Å². The van der Waals surface area contributed by atoms with E-state index in [0.29, 0.717) is 25.9 Å². The van der Waals surface area contributed by atoms with Crippen LogP contribution in [0.1, 0.15) is 60.8 Å². The lowest BCUT2D eigenvalue weighted by Crippen LogP contribution is -2.50. The van der Waals surface area contributed by atoms with Crippen molar-refractivity contribution in [2.45, 2.75) is 84.5 Å². The van der Waals surface area contributed by atoms with Gasteiger partial charge in [0, 0.05) is 37.7 Å². The summed E-state index contributed by atoms with van der Waals surface area (Å²) >= 11 is 0. The fraction of sp³-hybridized carbons (Fsp3) is 0.682. The van der Waals surface area contributed by atoms with Crippen molar-refractivity contribution in [3.05, 3.63) is 12.2 Å². The summed E-state index contributed by atoms with van der Waals surface area (Å²) in [5.41, 5.74) is -0.651. The molecule has 0 saturated heterocycles. The normalized spacial score (nSPS) is 16.5. The lowest BCUT2D eigenvalue weighted by atomic mass is 10.1. The standard InChI is InChI=1S/C22H36N4O6/c1-14(23-12-13-26-18(28)10-11-19(26)29)8-7-9-17(27)24-15(2)20(30)25-16(3)21(31)32-22(4,5)6/h10-11,14-16,23H,7-9,12-13H2,1-6H3,(H,24,27)(H,25,30)/t14-,15-,16-/m0/s1. The van der Waals surface area contributed by atoms with Crippen molar-refractivity contribution in [1.82, 2.24) is 20.9 Å². The van der Waals surface area contributed by atoms with Crippen LogP contribution in [-0.4, -0.2) is 71.3 Å². The van der Waals surface area contributed by atoms with Gasteiger partial charge in [-0.1, -0.05) is 0 Å². The molecule has 1 aliphatic heterocycles. The fourth-order valence-electron chi connectivity index (χ4n) is 2.91. The fourth-order valence-corrected chi connectivity index (χ4v) is 2.91. The number of esters is 1. The van der Waals surface area contributed by atoms with Crippen molar-refractivity contribution >= 4 is 29.6 Å². The molecule has 10 nitrogen and oxygen atoms in total. The molecule has 1 heterocycles. The summed E-state index contributed by atoms with van der Waals surface area (Å²) in [5.74, 6) is -1.88. The molecular weight excluding hydrogens is 416 g/mol. The van der Waals surface area contributed by atoms with Gasteiger partial charge in [0.25, 0.3) is 11.8 Å². The Hall–Kier alpha value is -2.75. The molecule has 1 rings (SSSR count). The van der Waals surface area contributed by atoms with Gasteiger partial charge in [-0.15, -0.1) is 0 Å². The second-order valence-electron chi connectivity index (χ2n) is 8.96. The van der Waals surface area contributed by atoms with Crippen LogP contribution in [0.15, 0.2) is 12.2 Å². The van der Waals surface area contributed by atoms with E-state index in [4.69, 9.17) is 4.74 Å². The zero-order valence-corrected chi connectivity index (χ0v) is 19.8. The van der Waals surface area contributed by atoms with Crippen molar-refractivity contribution in [2.24, 2.45) is 0 Å². The predicted molar refractivity (Wildman–Crippen MR) is 118 cm³/mol. The van der Waals surface area contributed by atoms with Gasteiger partial charge in [-0.05, 0) is 54.4 Å². The average molecular weight is 453 g/mol. The number of imide groups is 1. The van der Waals surface area contributed by atoms with Crippen LogP contribution >= 0.6 is 0 Å². The van der Waals surface area contributed by atoms with Gasteiger partial charge in [-0.3, -0.25) is 24.1 Å². The van der Waals surface area contributed by atoms with Crippen LogP contribution in [0.5, 0.6) is 0 Å². The molecule has 0 saturated carbocycles. The van der Waals surface area contributed by atoms with E-state index >= 15 is 0 Å². The first-order chi connectivity index (χ1) is 14.8. The largest absolute Gasteiger partial charge is 0.458 e. The Morgan fingerprint density at radius 1 is 1.00 bits per heavy atom. The lowest BCUT2D eigenvalue weighted by Gasteiger charge is -2.23. The Kier molecular flexibility index (Phi) is 10.5. The Morgan fingerprint density at radius 2 is 1.59 bits per heavy atom. The molecule has 3 atom stereocenters. The molecule has 32 heavy (non-hydrogen) atoms. The molecular formula is C22H36N4O6. The first-order valence-electron chi connectivity index (χ1n) is 10.9. The highest BCUT2D eigenvalue weighted by molar-refractivity contribution is 6.12. The second kappa shape index (κ2) is 12.3. The molecule has 0 aromatic rings. The van der Waals surface area contributed by atoms with E-state index in [2.05, 4.69) is 16.0 Å². The highest BCUT2D eigenvalue weighted by Gasteiger charge is 2.25. The zero-order valence-electron chi connectivity index (χ0n) is 19.8. The average Bonchev–Trinajstić information content (AvgIpc) is 2.98. The molecule has 3 N–H and O–H groups in total. The highest BCUT2D eigenvalue weighted by Crippen LogP contribution is 2.08. The van der Waals surface area contributed by atoms with Gasteiger partial charge in [0.1, 0.15) is 17.7 Å². The second-order valence-corrected chi connectivity index (χ2v) is 8.96. The lowest BCUT2D eigenvalue weighted by molar-refractivity contribution is -0.158. The van der Waals surface area contributed by atoms with E-state index in [9.17, 15) is 24.0 Å². The molecule has 0 fully saturated rings. The van der Waals surface area contributed by atoms with Crippen LogP contribution in [0.2, 0.25) is 0 Å². The minimum absolute atomic E-state index is 0.0963. The number of hydrogen-bond acceptors (Lipinski definition) is 7. The number of nitrogens with zero attached hydrogens (tertiary/aromatic N) is 1. The number of carbonyl (C=O) groups excluding carboxylic acids is 5. The van der Waals surface area contributed by atoms with E-state index in [-0.39, 0.29) is 30.2 Å². The Bertz CT molecular complexity index is 725. The molecule has 1 aliphatic rings. The number of rotatable bonds is 12. The maximum Gasteiger partial charge on any atom is 0.328 e. The zero-order chi connectivity index (χ0) is 24.5. The van der Waals surface area contributed by atoms with Crippen molar-refractivity contribution in [3.63, 3.8) is 0 Å². The van der Waals surface area contributed by atoms with Crippen LogP contribution in [-0.2, 0) is 28.7 Å². The highest BCUT2D eigenvalue weighted by atomic mass is 16.6. The third-order valence-corrected chi connectivity index (χ3v) is 4.66. The molecule has 0 radical (unpaired) electrons. The van der Waals surface area contributed by atoms with Crippen LogP contribution in [0.4, 0.5) is 0 Å². The van der Waals surface area contributed by atoms with E-state index in [1.807, 2.05) is 6.92 Å². The van der Waals surface area contributed by atoms with E-state index in [1.165, 1.54) is 24.0 Å². The van der Waals surface area contributed by atoms with Gasteiger partial charge in [-0.25, -0.2) is 4.79 Å². The maximum absolute atomic E-state index is 12.2. The van der Waals surface area contributed by atoms with Gasteiger partial charge >= 0.3 is 5.97 Å². The quantitative estimate of drug-likeness (QED) is 0.288. The molecule has 0 spiro atoms. The Labute approximate surface area is 189 Å². The predicted octanol–water partition coefficient (Wildman–Crippen LogP) is 0.411. The summed E-state index contributed by atoms with van der Waals surface area (Å²) in [5, 5.41) is 8.38. The van der Waals surface area contributed by atoms with Gasteiger partial charge < -0.3 is 20.7 Å². The SMILES string of the molecule is C[C@H](NC(=O)CCC[C@H](C)NCCN1C(=O)C=CC1=O)C(=O)N[C@@H](C)C(=O)OC(C)(C)C. The van der Waals surface area contributed by atoms with E-state index in [0.717, 1.165) is 0 Å². The molecule has 0 aromatic heterocycles. The number of nitrogens with one attached hydrogen (secondary N) is 3. The minimum atomic E-state index is -0.824. The van der Waals surface area contributed by atoms with Crippen molar-refractivity contribution < 1.29 is 28.7 Å². The number of amides is 4.